The van der Waals surface area contributed by atoms with Gasteiger partial charge in [0, 0.05) is 18.2 Å². The summed E-state index contributed by atoms with van der Waals surface area (Å²) in [6, 6.07) is 28.6. The molecule has 0 aromatic heterocycles. The summed E-state index contributed by atoms with van der Waals surface area (Å²) >= 11 is 0. The number of nitrogens with zero attached hydrogens (tertiary/aromatic N) is 1. The van der Waals surface area contributed by atoms with Crippen LogP contribution in [0.4, 0.5) is 10.5 Å². The van der Waals surface area contributed by atoms with Crippen LogP contribution in [0.15, 0.2) is 97.1 Å². The minimum absolute atomic E-state index is 0.235. The number of alkyl carbamates (subject to hydrolysis) is 1. The van der Waals surface area contributed by atoms with Crippen LogP contribution in [0.5, 0.6) is 0 Å². The third-order valence-electron chi connectivity index (χ3n) is 7.49. The molecule has 4 rings (SSSR count). The van der Waals surface area contributed by atoms with Crippen LogP contribution in [0.1, 0.15) is 63.8 Å². The van der Waals surface area contributed by atoms with Crippen LogP contribution >= 0.6 is 0 Å². The molecule has 0 heterocycles. The molecule has 7 nitrogen and oxygen atoms in total. The lowest BCUT2D eigenvalue weighted by Crippen LogP contribution is -2.55. The van der Waals surface area contributed by atoms with Crippen LogP contribution in [0.2, 0.25) is 0 Å². The molecule has 0 aliphatic heterocycles. The molecule has 0 aliphatic carbocycles. The minimum atomic E-state index is -0.970. The largest absolute Gasteiger partial charge is 0.444 e. The molecule has 4 aromatic carbocycles. The number of benzene rings is 4. The molecule has 0 aliphatic rings. The molecule has 0 bridgehead atoms. The van der Waals surface area contributed by atoms with Gasteiger partial charge in [-0.25, -0.2) is 4.79 Å². The molecule has 7 heteroatoms. The fraction of sp³-hybridized carbons (Fsp3) is 0.324. The van der Waals surface area contributed by atoms with Gasteiger partial charge in [-0.15, -0.1) is 0 Å². The lowest BCUT2D eigenvalue weighted by molar-refractivity contribution is -0.143. The first-order valence-corrected chi connectivity index (χ1v) is 15.2. The van der Waals surface area contributed by atoms with E-state index in [-0.39, 0.29) is 24.3 Å². The monoisotopic (exact) mass is 593 g/mol. The van der Waals surface area contributed by atoms with Crippen molar-refractivity contribution < 1.29 is 19.1 Å². The number of carbonyl (C=O) groups excluding carboxylic acids is 3. The number of hydrogen-bond donors (Lipinski definition) is 2. The van der Waals surface area contributed by atoms with Gasteiger partial charge in [0.1, 0.15) is 17.7 Å². The molecule has 0 saturated carbocycles. The van der Waals surface area contributed by atoms with E-state index in [9.17, 15) is 14.4 Å². The van der Waals surface area contributed by atoms with Crippen LogP contribution in [-0.4, -0.2) is 40.5 Å². The standard InChI is InChI=1S/C37H43N3O4/c1-7-26(3)40(35(42)32(23-27-15-9-8-10-16-27)39-36(43)44-37(4,5)6)33(30-19-13-14-25(2)22-30)34(41)38-31-21-20-28-17-11-12-18-29(28)24-31/h8-22,24,26,32-33H,7,23H2,1-6H3,(H,38,41)(H,39,43). The van der Waals surface area contributed by atoms with Gasteiger partial charge in [-0.05, 0) is 75.1 Å². The molecule has 3 unspecified atom stereocenters. The SMILES string of the molecule is CCC(C)N(C(=O)C(Cc1ccccc1)NC(=O)OC(C)(C)C)C(C(=O)Nc1ccc2ccccc2c1)c1cccc(C)c1. The van der Waals surface area contributed by atoms with Gasteiger partial charge in [-0.3, -0.25) is 9.59 Å². The maximum Gasteiger partial charge on any atom is 0.408 e. The second kappa shape index (κ2) is 14.2. The fourth-order valence-electron chi connectivity index (χ4n) is 5.23. The Morgan fingerprint density at radius 2 is 1.52 bits per heavy atom. The average molecular weight is 594 g/mol. The van der Waals surface area contributed by atoms with Crippen molar-refractivity contribution in [3.05, 3.63) is 114 Å². The zero-order valence-electron chi connectivity index (χ0n) is 26.5. The highest BCUT2D eigenvalue weighted by Crippen LogP contribution is 2.29. The van der Waals surface area contributed by atoms with Gasteiger partial charge < -0.3 is 20.3 Å². The number of carbonyl (C=O) groups is 3. The number of fused-ring (bicyclic) bond motifs is 1. The maximum atomic E-state index is 14.7. The molecule has 3 atom stereocenters. The Morgan fingerprint density at radius 1 is 0.841 bits per heavy atom. The smallest absolute Gasteiger partial charge is 0.408 e. The van der Waals surface area contributed by atoms with E-state index in [0.29, 0.717) is 17.7 Å². The van der Waals surface area contributed by atoms with Crippen LogP contribution < -0.4 is 10.6 Å². The summed E-state index contributed by atoms with van der Waals surface area (Å²) in [5, 5.41) is 7.97. The van der Waals surface area contributed by atoms with E-state index in [0.717, 1.165) is 21.9 Å². The highest BCUT2D eigenvalue weighted by Gasteiger charge is 2.38. The Bertz CT molecular complexity index is 1600. The van der Waals surface area contributed by atoms with Crippen molar-refractivity contribution in [2.24, 2.45) is 0 Å². The predicted molar refractivity (Wildman–Crippen MR) is 176 cm³/mol. The average Bonchev–Trinajstić information content (AvgIpc) is 2.98. The van der Waals surface area contributed by atoms with Crippen molar-refractivity contribution in [3.8, 4) is 0 Å². The van der Waals surface area contributed by atoms with E-state index >= 15 is 0 Å². The number of rotatable bonds is 10. The van der Waals surface area contributed by atoms with Crippen molar-refractivity contribution in [1.29, 1.82) is 0 Å². The number of anilines is 1. The Kier molecular flexibility index (Phi) is 10.4. The Morgan fingerprint density at radius 3 is 2.18 bits per heavy atom. The summed E-state index contributed by atoms with van der Waals surface area (Å²) in [7, 11) is 0. The van der Waals surface area contributed by atoms with Crippen molar-refractivity contribution >= 4 is 34.4 Å². The van der Waals surface area contributed by atoms with Gasteiger partial charge in [0.15, 0.2) is 0 Å². The zero-order valence-corrected chi connectivity index (χ0v) is 26.5. The summed E-state index contributed by atoms with van der Waals surface area (Å²) in [4.78, 5) is 43.6. The Hall–Kier alpha value is -4.65. The maximum absolute atomic E-state index is 14.7. The molecule has 2 N–H and O–H groups in total. The van der Waals surface area contributed by atoms with Gasteiger partial charge in [0.05, 0.1) is 0 Å². The highest BCUT2D eigenvalue weighted by molar-refractivity contribution is 6.00. The van der Waals surface area contributed by atoms with Gasteiger partial charge in [0.25, 0.3) is 5.91 Å². The number of nitrogens with one attached hydrogen (secondary N) is 2. The van der Waals surface area contributed by atoms with E-state index in [1.165, 1.54) is 0 Å². The zero-order chi connectivity index (χ0) is 31.9. The second-order valence-corrected chi connectivity index (χ2v) is 12.3. The molecule has 0 radical (unpaired) electrons. The molecule has 0 fully saturated rings. The molecule has 230 valence electrons. The van der Waals surface area contributed by atoms with E-state index in [1.807, 2.05) is 118 Å². The number of amides is 3. The highest BCUT2D eigenvalue weighted by atomic mass is 16.6. The van der Waals surface area contributed by atoms with Gasteiger partial charge in [-0.2, -0.15) is 0 Å². The van der Waals surface area contributed by atoms with Crippen LogP contribution in [0.25, 0.3) is 10.8 Å². The number of ether oxygens (including phenoxy) is 1. The normalized spacial score (nSPS) is 13.4. The molecular weight excluding hydrogens is 550 g/mol. The quantitative estimate of drug-likeness (QED) is 0.198. The summed E-state index contributed by atoms with van der Waals surface area (Å²) in [6.07, 6.45) is 0.143. The van der Waals surface area contributed by atoms with E-state index in [1.54, 1.807) is 25.7 Å². The Labute approximate surface area is 260 Å². The minimum Gasteiger partial charge on any atom is -0.444 e. The Balaban J connectivity index is 1.76. The van der Waals surface area contributed by atoms with Gasteiger partial charge in [-0.1, -0.05) is 97.4 Å². The number of aryl methyl sites for hydroxylation is 1. The van der Waals surface area contributed by atoms with Crippen LogP contribution in [0.3, 0.4) is 0 Å². The first kappa shape index (κ1) is 32.3. The third kappa shape index (κ3) is 8.47. The summed E-state index contributed by atoms with van der Waals surface area (Å²) in [5.41, 5.74) is 2.42. The number of hydrogen-bond acceptors (Lipinski definition) is 4. The summed E-state index contributed by atoms with van der Waals surface area (Å²) in [6.45, 7) is 11.2. The van der Waals surface area contributed by atoms with Crippen LogP contribution in [-0.2, 0) is 20.7 Å². The van der Waals surface area contributed by atoms with Crippen molar-refractivity contribution in [2.45, 2.75) is 78.1 Å². The van der Waals surface area contributed by atoms with Gasteiger partial charge in [0.2, 0.25) is 5.91 Å². The van der Waals surface area contributed by atoms with E-state index in [2.05, 4.69) is 10.6 Å². The second-order valence-electron chi connectivity index (χ2n) is 12.3. The first-order valence-electron chi connectivity index (χ1n) is 15.2. The van der Waals surface area contributed by atoms with E-state index in [4.69, 9.17) is 4.74 Å². The molecule has 3 amide bonds. The molecule has 0 saturated heterocycles. The van der Waals surface area contributed by atoms with Gasteiger partial charge >= 0.3 is 6.09 Å². The van der Waals surface area contributed by atoms with Crippen molar-refractivity contribution in [1.82, 2.24) is 10.2 Å². The van der Waals surface area contributed by atoms with E-state index < -0.39 is 23.8 Å². The first-order chi connectivity index (χ1) is 20.9. The molecule has 4 aromatic rings. The molecule has 44 heavy (non-hydrogen) atoms. The van der Waals surface area contributed by atoms with Crippen molar-refractivity contribution in [2.75, 3.05) is 5.32 Å². The summed E-state index contributed by atoms with van der Waals surface area (Å²) < 4.78 is 5.54. The van der Waals surface area contributed by atoms with Crippen molar-refractivity contribution in [3.63, 3.8) is 0 Å². The topological polar surface area (TPSA) is 87.7 Å². The molecule has 0 spiro atoms. The third-order valence-corrected chi connectivity index (χ3v) is 7.49. The summed E-state index contributed by atoms with van der Waals surface area (Å²) in [5.74, 6) is -0.704. The lowest BCUT2D eigenvalue weighted by Gasteiger charge is -2.38. The lowest BCUT2D eigenvalue weighted by atomic mass is 9.97. The fourth-order valence-corrected chi connectivity index (χ4v) is 5.23. The van der Waals surface area contributed by atoms with Crippen LogP contribution in [0, 0.1) is 6.92 Å². The predicted octanol–water partition coefficient (Wildman–Crippen LogP) is 7.59. The molecular formula is C37H43N3O4.